The maximum atomic E-state index is 5.75. The Labute approximate surface area is 127 Å². The van der Waals surface area contributed by atoms with Crippen molar-refractivity contribution in [3.05, 3.63) is 23.8 Å². The van der Waals surface area contributed by atoms with Gasteiger partial charge in [0.15, 0.2) is 11.5 Å². The van der Waals surface area contributed by atoms with Crippen molar-refractivity contribution >= 4 is 0 Å². The lowest BCUT2D eigenvalue weighted by molar-refractivity contribution is 0.0799. The van der Waals surface area contributed by atoms with Crippen molar-refractivity contribution in [3.8, 4) is 11.5 Å². The zero-order chi connectivity index (χ0) is 15.3. The molecule has 120 valence electrons. The third-order valence-corrected chi connectivity index (χ3v) is 2.93. The fraction of sp³-hybridized carbons (Fsp3) is 0.625. The minimum Gasteiger partial charge on any atom is -0.493 e. The van der Waals surface area contributed by atoms with Crippen molar-refractivity contribution in [2.24, 2.45) is 0 Å². The van der Waals surface area contributed by atoms with E-state index in [1.165, 1.54) is 5.56 Å². The molecule has 0 saturated heterocycles. The van der Waals surface area contributed by atoms with Gasteiger partial charge >= 0.3 is 0 Å². The van der Waals surface area contributed by atoms with Crippen LogP contribution in [0.5, 0.6) is 11.5 Å². The van der Waals surface area contributed by atoms with Gasteiger partial charge in [-0.3, -0.25) is 0 Å². The number of hydrogen-bond acceptors (Lipinski definition) is 5. The van der Waals surface area contributed by atoms with E-state index in [-0.39, 0.29) is 0 Å². The van der Waals surface area contributed by atoms with Crippen LogP contribution in [0.3, 0.4) is 0 Å². The van der Waals surface area contributed by atoms with Gasteiger partial charge in [0, 0.05) is 26.9 Å². The van der Waals surface area contributed by atoms with Crippen molar-refractivity contribution < 1.29 is 18.9 Å². The van der Waals surface area contributed by atoms with E-state index in [2.05, 4.69) is 12.2 Å². The Kier molecular flexibility index (Phi) is 9.61. The fourth-order valence-corrected chi connectivity index (χ4v) is 1.83. The first kappa shape index (κ1) is 17.8. The quantitative estimate of drug-likeness (QED) is 0.600. The van der Waals surface area contributed by atoms with Crippen LogP contribution in [0.25, 0.3) is 0 Å². The van der Waals surface area contributed by atoms with Crippen molar-refractivity contribution in [2.75, 3.05) is 47.2 Å². The molecule has 0 aromatic heterocycles. The fourth-order valence-electron chi connectivity index (χ4n) is 1.83. The SMILES string of the molecule is CCNCc1ccc(OC)c(OCCOCCCOC)c1. The summed E-state index contributed by atoms with van der Waals surface area (Å²) < 4.78 is 21.5. The molecule has 0 spiro atoms. The second-order valence-electron chi connectivity index (χ2n) is 4.57. The predicted octanol–water partition coefficient (Wildman–Crippen LogP) is 2.24. The molecule has 0 radical (unpaired) electrons. The van der Waals surface area contributed by atoms with Crippen LogP contribution in [0.4, 0.5) is 0 Å². The standard InChI is InChI=1S/C16H27NO4/c1-4-17-13-14-6-7-15(19-3)16(12-14)21-11-10-20-9-5-8-18-2/h6-7,12,17H,4-5,8-11,13H2,1-3H3. The lowest BCUT2D eigenvalue weighted by atomic mass is 10.2. The van der Waals surface area contributed by atoms with E-state index in [1.54, 1.807) is 14.2 Å². The number of hydrogen-bond donors (Lipinski definition) is 1. The molecule has 0 aliphatic rings. The average molecular weight is 297 g/mol. The molecule has 1 N–H and O–H groups in total. The summed E-state index contributed by atoms with van der Waals surface area (Å²) in [4.78, 5) is 0. The molecule has 0 amide bonds. The summed E-state index contributed by atoms with van der Waals surface area (Å²) in [5.41, 5.74) is 1.17. The highest BCUT2D eigenvalue weighted by molar-refractivity contribution is 5.42. The molecule has 0 aliphatic heterocycles. The molecule has 1 rings (SSSR count). The van der Waals surface area contributed by atoms with Gasteiger partial charge in [0.1, 0.15) is 6.61 Å². The molecule has 0 saturated carbocycles. The Morgan fingerprint density at radius 3 is 2.57 bits per heavy atom. The molecule has 0 bridgehead atoms. The Hall–Kier alpha value is -1.30. The second kappa shape index (κ2) is 11.4. The third kappa shape index (κ3) is 7.32. The largest absolute Gasteiger partial charge is 0.493 e. The molecule has 1 aromatic rings. The average Bonchev–Trinajstić information content (AvgIpc) is 2.52. The minimum absolute atomic E-state index is 0.508. The van der Waals surface area contributed by atoms with Gasteiger partial charge in [-0.2, -0.15) is 0 Å². The van der Waals surface area contributed by atoms with Crippen LogP contribution in [0, 0.1) is 0 Å². The molecule has 0 unspecified atom stereocenters. The highest BCUT2D eigenvalue weighted by atomic mass is 16.5. The first-order chi connectivity index (χ1) is 10.3. The highest BCUT2D eigenvalue weighted by Crippen LogP contribution is 2.27. The lowest BCUT2D eigenvalue weighted by Crippen LogP contribution is -2.12. The van der Waals surface area contributed by atoms with Crippen molar-refractivity contribution in [3.63, 3.8) is 0 Å². The van der Waals surface area contributed by atoms with Crippen LogP contribution in [0.2, 0.25) is 0 Å². The number of nitrogens with one attached hydrogen (secondary N) is 1. The third-order valence-electron chi connectivity index (χ3n) is 2.93. The summed E-state index contributed by atoms with van der Waals surface area (Å²) in [6, 6.07) is 5.98. The van der Waals surface area contributed by atoms with Gasteiger partial charge in [-0.1, -0.05) is 13.0 Å². The summed E-state index contributed by atoms with van der Waals surface area (Å²) in [7, 11) is 3.34. The van der Waals surface area contributed by atoms with Crippen LogP contribution < -0.4 is 14.8 Å². The second-order valence-corrected chi connectivity index (χ2v) is 4.57. The Bertz CT molecular complexity index is 385. The Morgan fingerprint density at radius 2 is 1.86 bits per heavy atom. The van der Waals surface area contributed by atoms with Crippen molar-refractivity contribution in [1.29, 1.82) is 0 Å². The number of ether oxygens (including phenoxy) is 4. The smallest absolute Gasteiger partial charge is 0.161 e. The van der Waals surface area contributed by atoms with E-state index in [9.17, 15) is 0 Å². The van der Waals surface area contributed by atoms with Crippen LogP contribution in [-0.4, -0.2) is 47.2 Å². The van der Waals surface area contributed by atoms with Crippen molar-refractivity contribution in [2.45, 2.75) is 19.9 Å². The molecular formula is C16H27NO4. The summed E-state index contributed by atoms with van der Waals surface area (Å²) in [5.74, 6) is 1.50. The summed E-state index contributed by atoms with van der Waals surface area (Å²) in [5, 5.41) is 3.29. The number of methoxy groups -OCH3 is 2. The topological polar surface area (TPSA) is 49.0 Å². The monoisotopic (exact) mass is 297 g/mol. The van der Waals surface area contributed by atoms with E-state index >= 15 is 0 Å². The van der Waals surface area contributed by atoms with Gasteiger partial charge < -0.3 is 24.3 Å². The Balaban J connectivity index is 2.37. The first-order valence-electron chi connectivity index (χ1n) is 7.39. The van der Waals surface area contributed by atoms with E-state index in [0.717, 1.165) is 37.6 Å². The van der Waals surface area contributed by atoms with Crippen LogP contribution >= 0.6 is 0 Å². The van der Waals surface area contributed by atoms with E-state index in [4.69, 9.17) is 18.9 Å². The minimum atomic E-state index is 0.508. The zero-order valence-corrected chi connectivity index (χ0v) is 13.3. The molecule has 21 heavy (non-hydrogen) atoms. The molecular weight excluding hydrogens is 270 g/mol. The molecule has 0 heterocycles. The maximum absolute atomic E-state index is 5.75. The lowest BCUT2D eigenvalue weighted by Gasteiger charge is -2.13. The van der Waals surface area contributed by atoms with Gasteiger partial charge in [0.25, 0.3) is 0 Å². The van der Waals surface area contributed by atoms with Crippen LogP contribution in [0.15, 0.2) is 18.2 Å². The van der Waals surface area contributed by atoms with E-state index in [0.29, 0.717) is 19.8 Å². The van der Waals surface area contributed by atoms with Crippen molar-refractivity contribution in [1.82, 2.24) is 5.32 Å². The Morgan fingerprint density at radius 1 is 1.00 bits per heavy atom. The van der Waals surface area contributed by atoms with Crippen LogP contribution in [-0.2, 0) is 16.0 Å². The highest BCUT2D eigenvalue weighted by Gasteiger charge is 2.05. The van der Waals surface area contributed by atoms with Gasteiger partial charge in [0.05, 0.1) is 13.7 Å². The van der Waals surface area contributed by atoms with Crippen LogP contribution in [0.1, 0.15) is 18.9 Å². The van der Waals surface area contributed by atoms with Gasteiger partial charge in [-0.15, -0.1) is 0 Å². The van der Waals surface area contributed by atoms with E-state index in [1.807, 2.05) is 18.2 Å². The normalized spacial score (nSPS) is 10.6. The molecule has 5 nitrogen and oxygen atoms in total. The van der Waals surface area contributed by atoms with Gasteiger partial charge in [0.2, 0.25) is 0 Å². The summed E-state index contributed by atoms with van der Waals surface area (Å²) >= 11 is 0. The van der Waals surface area contributed by atoms with Gasteiger partial charge in [-0.25, -0.2) is 0 Å². The van der Waals surface area contributed by atoms with Gasteiger partial charge in [-0.05, 0) is 30.7 Å². The molecule has 0 fully saturated rings. The summed E-state index contributed by atoms with van der Waals surface area (Å²) in [6.07, 6.45) is 0.901. The molecule has 0 atom stereocenters. The van der Waals surface area contributed by atoms with E-state index < -0.39 is 0 Å². The molecule has 0 aliphatic carbocycles. The summed E-state index contributed by atoms with van der Waals surface area (Å²) in [6.45, 7) is 6.33. The molecule has 1 aromatic carbocycles. The zero-order valence-electron chi connectivity index (χ0n) is 13.3. The number of rotatable bonds is 12. The maximum Gasteiger partial charge on any atom is 0.161 e. The molecule has 5 heteroatoms. The predicted molar refractivity (Wildman–Crippen MR) is 83.2 cm³/mol. The number of benzene rings is 1. The first-order valence-corrected chi connectivity index (χ1v) is 7.39.